The second-order valence-corrected chi connectivity index (χ2v) is 4.82. The van der Waals surface area contributed by atoms with Crippen molar-refractivity contribution in [3.05, 3.63) is 23.3 Å². The molecule has 3 N–H and O–H groups in total. The molecule has 3 heteroatoms. The van der Waals surface area contributed by atoms with Crippen LogP contribution in [-0.2, 0) is 12.8 Å². The third-order valence-corrected chi connectivity index (χ3v) is 3.53. The Morgan fingerprint density at radius 3 is 2.94 bits per heavy atom. The van der Waals surface area contributed by atoms with Crippen LogP contribution in [-0.4, -0.2) is 22.8 Å². The lowest BCUT2D eigenvalue weighted by Gasteiger charge is -2.26. The minimum Gasteiger partial charge on any atom is -0.504 e. The summed E-state index contributed by atoms with van der Waals surface area (Å²) in [6.45, 7) is 3.26. The Morgan fingerprint density at radius 1 is 1.35 bits per heavy atom. The molecule has 0 amide bonds. The van der Waals surface area contributed by atoms with E-state index in [0.717, 1.165) is 31.4 Å². The molecule has 0 heterocycles. The normalized spacial score (nSPS) is 19.0. The van der Waals surface area contributed by atoms with Gasteiger partial charge in [-0.05, 0) is 43.9 Å². The first-order valence-corrected chi connectivity index (χ1v) is 6.48. The lowest BCUT2D eigenvalue weighted by molar-refractivity contribution is 0.388. The first-order chi connectivity index (χ1) is 8.22. The fraction of sp³-hybridized carbons (Fsp3) is 0.571. The molecule has 1 atom stereocenters. The Labute approximate surface area is 102 Å². The summed E-state index contributed by atoms with van der Waals surface area (Å²) in [5.74, 6) is 0.0793. The van der Waals surface area contributed by atoms with Crippen LogP contribution in [0.2, 0.25) is 0 Å². The highest BCUT2D eigenvalue weighted by molar-refractivity contribution is 5.50. The third-order valence-electron chi connectivity index (χ3n) is 3.53. The lowest BCUT2D eigenvalue weighted by Crippen LogP contribution is -2.35. The number of hydrogen-bond donors (Lipinski definition) is 3. The van der Waals surface area contributed by atoms with Crippen LogP contribution in [0, 0.1) is 0 Å². The second kappa shape index (κ2) is 5.41. The van der Waals surface area contributed by atoms with Crippen molar-refractivity contribution >= 4 is 0 Å². The molecule has 1 unspecified atom stereocenters. The zero-order valence-corrected chi connectivity index (χ0v) is 10.4. The van der Waals surface area contributed by atoms with E-state index in [1.165, 1.54) is 18.4 Å². The molecule has 0 radical (unpaired) electrons. The summed E-state index contributed by atoms with van der Waals surface area (Å²) < 4.78 is 0. The highest BCUT2D eigenvalue weighted by Crippen LogP contribution is 2.35. The fourth-order valence-corrected chi connectivity index (χ4v) is 2.48. The zero-order valence-electron chi connectivity index (χ0n) is 10.4. The quantitative estimate of drug-likeness (QED) is 0.554. The number of fused-ring (bicyclic) bond motifs is 1. The molecule has 94 valence electrons. The van der Waals surface area contributed by atoms with Gasteiger partial charge in [0.1, 0.15) is 0 Å². The average molecular weight is 235 g/mol. The number of aromatic hydroxyl groups is 2. The van der Waals surface area contributed by atoms with Gasteiger partial charge in [-0.2, -0.15) is 0 Å². The summed E-state index contributed by atoms with van der Waals surface area (Å²) in [5, 5.41) is 22.8. The molecule has 3 nitrogen and oxygen atoms in total. The van der Waals surface area contributed by atoms with Gasteiger partial charge in [-0.3, -0.25) is 0 Å². The number of rotatable bonds is 4. The lowest BCUT2D eigenvalue weighted by atomic mass is 9.87. The van der Waals surface area contributed by atoms with E-state index >= 15 is 0 Å². The molecule has 1 aliphatic rings. The number of phenols is 2. The predicted octanol–water partition coefficient (Wildman–Crippen LogP) is 2.34. The van der Waals surface area contributed by atoms with Crippen molar-refractivity contribution in [2.45, 2.75) is 45.1 Å². The summed E-state index contributed by atoms with van der Waals surface area (Å²) in [5.41, 5.74) is 2.10. The Kier molecular flexibility index (Phi) is 3.89. The van der Waals surface area contributed by atoms with Gasteiger partial charge in [-0.1, -0.05) is 19.4 Å². The molecule has 2 rings (SSSR count). The van der Waals surface area contributed by atoms with Crippen molar-refractivity contribution in [1.82, 2.24) is 5.32 Å². The maximum Gasteiger partial charge on any atom is 0.160 e. The molecule has 1 aromatic carbocycles. The van der Waals surface area contributed by atoms with E-state index in [1.54, 1.807) is 6.07 Å². The first kappa shape index (κ1) is 12.2. The number of unbranched alkanes of at least 4 members (excludes halogenated alkanes) is 1. The van der Waals surface area contributed by atoms with Crippen LogP contribution in [0.3, 0.4) is 0 Å². The number of benzene rings is 1. The Morgan fingerprint density at radius 2 is 2.18 bits per heavy atom. The van der Waals surface area contributed by atoms with Crippen LogP contribution in [0.25, 0.3) is 0 Å². The molecule has 0 fully saturated rings. The van der Waals surface area contributed by atoms with E-state index in [0.29, 0.717) is 6.04 Å². The van der Waals surface area contributed by atoms with Gasteiger partial charge in [0.2, 0.25) is 0 Å². The largest absolute Gasteiger partial charge is 0.504 e. The average Bonchev–Trinajstić information content (AvgIpc) is 2.34. The predicted molar refractivity (Wildman–Crippen MR) is 68.5 cm³/mol. The molecule has 0 saturated heterocycles. The van der Waals surface area contributed by atoms with Crippen molar-refractivity contribution in [2.24, 2.45) is 0 Å². The van der Waals surface area contributed by atoms with Crippen LogP contribution in [0.4, 0.5) is 0 Å². The first-order valence-electron chi connectivity index (χ1n) is 6.48. The van der Waals surface area contributed by atoms with E-state index in [-0.39, 0.29) is 11.5 Å². The zero-order chi connectivity index (χ0) is 12.3. The third kappa shape index (κ3) is 2.72. The van der Waals surface area contributed by atoms with Crippen molar-refractivity contribution < 1.29 is 10.2 Å². The van der Waals surface area contributed by atoms with Crippen LogP contribution in [0.5, 0.6) is 11.5 Å². The van der Waals surface area contributed by atoms with Gasteiger partial charge in [0, 0.05) is 11.6 Å². The van der Waals surface area contributed by atoms with Gasteiger partial charge in [-0.25, -0.2) is 0 Å². The summed E-state index contributed by atoms with van der Waals surface area (Å²) in [6, 6.07) is 4.03. The minimum absolute atomic E-state index is 0.00106. The SMILES string of the molecule is CCCCNC1CCc2c(ccc(O)c2O)C1. The van der Waals surface area contributed by atoms with Crippen LogP contribution in [0.15, 0.2) is 12.1 Å². The Hall–Kier alpha value is -1.22. The molecular weight excluding hydrogens is 214 g/mol. The van der Waals surface area contributed by atoms with E-state index in [1.807, 2.05) is 6.07 Å². The van der Waals surface area contributed by atoms with Gasteiger partial charge >= 0.3 is 0 Å². The van der Waals surface area contributed by atoms with Crippen molar-refractivity contribution in [3.63, 3.8) is 0 Å². The van der Waals surface area contributed by atoms with E-state index < -0.39 is 0 Å². The fourth-order valence-electron chi connectivity index (χ4n) is 2.48. The molecule has 0 bridgehead atoms. The smallest absolute Gasteiger partial charge is 0.160 e. The van der Waals surface area contributed by atoms with Crippen LogP contribution >= 0.6 is 0 Å². The maximum atomic E-state index is 9.77. The number of nitrogens with one attached hydrogen (secondary N) is 1. The van der Waals surface area contributed by atoms with E-state index in [4.69, 9.17) is 0 Å². The number of phenolic OH excluding ortho intramolecular Hbond substituents is 2. The van der Waals surface area contributed by atoms with E-state index in [2.05, 4.69) is 12.2 Å². The molecule has 0 spiro atoms. The van der Waals surface area contributed by atoms with Crippen molar-refractivity contribution in [2.75, 3.05) is 6.54 Å². The van der Waals surface area contributed by atoms with E-state index in [9.17, 15) is 10.2 Å². The standard InChI is InChI=1S/C14H21NO2/c1-2-3-8-15-11-5-6-12-10(9-11)4-7-13(16)14(12)17/h4,7,11,15-17H,2-3,5-6,8-9H2,1H3. The highest BCUT2D eigenvalue weighted by atomic mass is 16.3. The summed E-state index contributed by atoms with van der Waals surface area (Å²) in [7, 11) is 0. The molecule has 0 aromatic heterocycles. The summed E-state index contributed by atoms with van der Waals surface area (Å²) in [6.07, 6.45) is 5.26. The highest BCUT2D eigenvalue weighted by Gasteiger charge is 2.21. The Balaban J connectivity index is 2.02. The molecule has 0 aliphatic heterocycles. The van der Waals surface area contributed by atoms with Gasteiger partial charge in [0.25, 0.3) is 0 Å². The van der Waals surface area contributed by atoms with Gasteiger partial charge < -0.3 is 15.5 Å². The minimum atomic E-state index is 0.00106. The topological polar surface area (TPSA) is 52.5 Å². The van der Waals surface area contributed by atoms with Gasteiger partial charge in [0.05, 0.1) is 0 Å². The second-order valence-electron chi connectivity index (χ2n) is 4.82. The molecule has 1 aromatic rings. The molecule has 17 heavy (non-hydrogen) atoms. The molecule has 0 saturated carbocycles. The Bertz CT molecular complexity index is 390. The van der Waals surface area contributed by atoms with Crippen LogP contribution < -0.4 is 5.32 Å². The summed E-state index contributed by atoms with van der Waals surface area (Å²) in [4.78, 5) is 0. The van der Waals surface area contributed by atoms with Gasteiger partial charge in [-0.15, -0.1) is 0 Å². The number of hydrogen-bond acceptors (Lipinski definition) is 3. The monoisotopic (exact) mass is 235 g/mol. The maximum absolute atomic E-state index is 9.77. The summed E-state index contributed by atoms with van der Waals surface area (Å²) >= 11 is 0. The van der Waals surface area contributed by atoms with Crippen molar-refractivity contribution in [3.8, 4) is 11.5 Å². The van der Waals surface area contributed by atoms with Crippen LogP contribution in [0.1, 0.15) is 37.3 Å². The molecule has 1 aliphatic carbocycles. The van der Waals surface area contributed by atoms with Crippen molar-refractivity contribution in [1.29, 1.82) is 0 Å². The molecular formula is C14H21NO2. The van der Waals surface area contributed by atoms with Gasteiger partial charge in [0.15, 0.2) is 11.5 Å².